The molecule has 0 heterocycles. The minimum absolute atomic E-state index is 0.348. The lowest BCUT2D eigenvalue weighted by Crippen LogP contribution is -2.06. The standard InChI is InChI=1S/C17H17Br2O3P/c1-3-21-23(20,22-4-2)17-15-9-11(18)5-7-13(15)14-8-6-12(19)10-16(14)17/h5-10,17H,3-4H2,1-2H3. The molecule has 3 rings (SSSR count). The number of hydrogen-bond donors (Lipinski definition) is 0. The maximum Gasteiger partial charge on any atom is 0.342 e. The zero-order valence-corrected chi connectivity index (χ0v) is 16.9. The molecule has 122 valence electrons. The fraction of sp³-hybridized carbons (Fsp3) is 0.294. The topological polar surface area (TPSA) is 35.5 Å². The molecule has 0 radical (unpaired) electrons. The van der Waals surface area contributed by atoms with Gasteiger partial charge in [-0.15, -0.1) is 0 Å². The van der Waals surface area contributed by atoms with Crippen LogP contribution in [-0.2, 0) is 13.6 Å². The van der Waals surface area contributed by atoms with E-state index in [4.69, 9.17) is 9.05 Å². The van der Waals surface area contributed by atoms with Gasteiger partial charge in [0.15, 0.2) is 0 Å². The third kappa shape index (κ3) is 3.10. The third-order valence-corrected chi connectivity index (χ3v) is 7.25. The highest BCUT2D eigenvalue weighted by atomic mass is 79.9. The van der Waals surface area contributed by atoms with Gasteiger partial charge in [-0.25, -0.2) is 0 Å². The largest absolute Gasteiger partial charge is 0.342 e. The van der Waals surface area contributed by atoms with Crippen LogP contribution in [0.1, 0.15) is 30.6 Å². The highest BCUT2D eigenvalue weighted by molar-refractivity contribution is 9.10. The Morgan fingerprint density at radius 3 is 1.74 bits per heavy atom. The summed E-state index contributed by atoms with van der Waals surface area (Å²) in [5.41, 5.74) is 3.73. The molecule has 0 saturated carbocycles. The molecule has 2 aromatic carbocycles. The number of rotatable bonds is 5. The Morgan fingerprint density at radius 1 is 0.913 bits per heavy atom. The lowest BCUT2D eigenvalue weighted by Gasteiger charge is -2.25. The van der Waals surface area contributed by atoms with E-state index in [9.17, 15) is 4.57 Å². The van der Waals surface area contributed by atoms with E-state index in [1.807, 2.05) is 50.2 Å². The molecule has 3 nitrogen and oxygen atoms in total. The second-order valence-corrected chi connectivity index (χ2v) is 9.18. The van der Waals surface area contributed by atoms with Crippen molar-refractivity contribution in [2.75, 3.05) is 13.2 Å². The van der Waals surface area contributed by atoms with E-state index in [2.05, 4.69) is 31.9 Å². The maximum atomic E-state index is 13.5. The van der Waals surface area contributed by atoms with Gasteiger partial charge in [-0.05, 0) is 60.4 Å². The van der Waals surface area contributed by atoms with Crippen LogP contribution in [0.5, 0.6) is 0 Å². The summed E-state index contributed by atoms with van der Waals surface area (Å²) in [5, 5.41) is 0. The van der Waals surface area contributed by atoms with Crippen molar-refractivity contribution >= 4 is 39.5 Å². The molecule has 0 fully saturated rings. The summed E-state index contributed by atoms with van der Waals surface area (Å²) in [5.74, 6) is 0. The molecule has 0 bridgehead atoms. The van der Waals surface area contributed by atoms with E-state index >= 15 is 0 Å². The molecule has 0 aliphatic heterocycles. The van der Waals surface area contributed by atoms with Gasteiger partial charge in [-0.3, -0.25) is 4.57 Å². The molecule has 0 atom stereocenters. The Hall–Kier alpha value is -0.450. The van der Waals surface area contributed by atoms with E-state index in [0.717, 1.165) is 31.2 Å². The Labute approximate surface area is 153 Å². The van der Waals surface area contributed by atoms with Crippen LogP contribution in [0.25, 0.3) is 11.1 Å². The van der Waals surface area contributed by atoms with Crippen molar-refractivity contribution in [1.29, 1.82) is 0 Å². The molecule has 0 spiro atoms. The van der Waals surface area contributed by atoms with Crippen molar-refractivity contribution in [2.24, 2.45) is 0 Å². The summed E-state index contributed by atoms with van der Waals surface area (Å²) in [6, 6.07) is 12.1. The van der Waals surface area contributed by atoms with E-state index in [-0.39, 0.29) is 0 Å². The third-order valence-electron chi connectivity index (χ3n) is 3.84. The number of halogens is 2. The van der Waals surface area contributed by atoms with E-state index in [0.29, 0.717) is 13.2 Å². The van der Waals surface area contributed by atoms with Crippen LogP contribution >= 0.6 is 39.5 Å². The molecule has 0 saturated heterocycles. The van der Waals surface area contributed by atoms with Crippen LogP contribution in [0.15, 0.2) is 45.3 Å². The van der Waals surface area contributed by atoms with Crippen LogP contribution in [0.3, 0.4) is 0 Å². The average molecular weight is 460 g/mol. The average Bonchev–Trinajstić information content (AvgIpc) is 2.80. The Kier molecular flexibility index (Phi) is 5.15. The van der Waals surface area contributed by atoms with Crippen molar-refractivity contribution in [2.45, 2.75) is 19.5 Å². The predicted molar refractivity (Wildman–Crippen MR) is 100.0 cm³/mol. The summed E-state index contributed by atoms with van der Waals surface area (Å²) < 4.78 is 26.7. The van der Waals surface area contributed by atoms with E-state index < -0.39 is 13.3 Å². The second kappa shape index (κ2) is 6.81. The molecular formula is C17H17Br2O3P. The molecular weight excluding hydrogens is 443 g/mol. The van der Waals surface area contributed by atoms with Gasteiger partial charge in [0.05, 0.1) is 13.2 Å². The summed E-state index contributed by atoms with van der Waals surface area (Å²) >= 11 is 7.03. The highest BCUT2D eigenvalue weighted by Gasteiger charge is 2.44. The van der Waals surface area contributed by atoms with Gasteiger partial charge in [-0.1, -0.05) is 44.0 Å². The van der Waals surface area contributed by atoms with Crippen LogP contribution in [0, 0.1) is 0 Å². The molecule has 0 unspecified atom stereocenters. The van der Waals surface area contributed by atoms with Gasteiger partial charge in [0.2, 0.25) is 0 Å². The maximum absolute atomic E-state index is 13.5. The molecule has 0 aromatic heterocycles. The van der Waals surface area contributed by atoms with Crippen LogP contribution in [0.2, 0.25) is 0 Å². The SMILES string of the molecule is CCOP(=O)(OCC)C1c2cc(Br)ccc2-c2ccc(Br)cc21. The molecule has 0 N–H and O–H groups in total. The fourth-order valence-electron chi connectivity index (χ4n) is 3.06. The first-order valence-electron chi connectivity index (χ1n) is 7.48. The first-order valence-corrected chi connectivity index (χ1v) is 10.7. The minimum atomic E-state index is -3.31. The molecule has 1 aliphatic carbocycles. The Bertz CT molecular complexity index is 730. The molecule has 1 aliphatic rings. The van der Waals surface area contributed by atoms with E-state index in [1.165, 1.54) is 0 Å². The van der Waals surface area contributed by atoms with Gasteiger partial charge in [0.1, 0.15) is 5.66 Å². The quantitative estimate of drug-likeness (QED) is 0.475. The highest BCUT2D eigenvalue weighted by Crippen LogP contribution is 2.68. The normalized spacial score (nSPS) is 13.9. The van der Waals surface area contributed by atoms with Gasteiger partial charge < -0.3 is 9.05 Å². The zero-order chi connectivity index (χ0) is 16.6. The first kappa shape index (κ1) is 17.4. The van der Waals surface area contributed by atoms with Crippen molar-refractivity contribution in [3.8, 4) is 11.1 Å². The number of benzene rings is 2. The lowest BCUT2D eigenvalue weighted by atomic mass is 10.1. The fourth-order valence-corrected chi connectivity index (χ4v) is 6.02. The van der Waals surface area contributed by atoms with Gasteiger partial charge >= 0.3 is 7.60 Å². The van der Waals surface area contributed by atoms with Crippen molar-refractivity contribution < 1.29 is 13.6 Å². The van der Waals surface area contributed by atoms with Crippen molar-refractivity contribution in [1.82, 2.24) is 0 Å². The summed E-state index contributed by atoms with van der Waals surface area (Å²) in [6.45, 7) is 4.37. The molecule has 2 aromatic rings. The monoisotopic (exact) mass is 458 g/mol. The minimum Gasteiger partial charge on any atom is -0.308 e. The van der Waals surface area contributed by atoms with Gasteiger partial charge in [0.25, 0.3) is 0 Å². The molecule has 6 heteroatoms. The van der Waals surface area contributed by atoms with E-state index in [1.54, 1.807) is 0 Å². The Morgan fingerprint density at radius 2 is 1.35 bits per heavy atom. The second-order valence-electron chi connectivity index (χ2n) is 5.24. The van der Waals surface area contributed by atoms with Gasteiger partial charge in [-0.2, -0.15) is 0 Å². The van der Waals surface area contributed by atoms with Crippen LogP contribution in [0.4, 0.5) is 0 Å². The van der Waals surface area contributed by atoms with Gasteiger partial charge in [0, 0.05) is 8.95 Å². The smallest absolute Gasteiger partial charge is 0.308 e. The summed E-state index contributed by atoms with van der Waals surface area (Å²) in [4.78, 5) is 0. The van der Waals surface area contributed by atoms with Crippen molar-refractivity contribution in [3.63, 3.8) is 0 Å². The molecule has 23 heavy (non-hydrogen) atoms. The molecule has 0 amide bonds. The Balaban J connectivity index is 2.25. The number of fused-ring (bicyclic) bond motifs is 3. The lowest BCUT2D eigenvalue weighted by molar-refractivity contribution is 0.215. The van der Waals surface area contributed by atoms with Crippen LogP contribution in [-0.4, -0.2) is 13.2 Å². The first-order chi connectivity index (χ1) is 11.0. The van der Waals surface area contributed by atoms with Crippen LogP contribution < -0.4 is 0 Å². The summed E-state index contributed by atoms with van der Waals surface area (Å²) in [6.07, 6.45) is 0. The van der Waals surface area contributed by atoms with Crippen molar-refractivity contribution in [3.05, 3.63) is 56.5 Å². The number of hydrogen-bond acceptors (Lipinski definition) is 3. The summed E-state index contributed by atoms with van der Waals surface area (Å²) in [7, 11) is -3.31. The zero-order valence-electron chi connectivity index (χ0n) is 12.9. The predicted octanol–water partition coefficient (Wildman–Crippen LogP) is 6.55.